The smallest absolute Gasteiger partial charge is 0.247 e. The van der Waals surface area contributed by atoms with Crippen LogP contribution < -0.4 is 16.4 Å². The zero-order valence-corrected chi connectivity index (χ0v) is 34.7. The second kappa shape index (κ2) is 11.4. The van der Waals surface area contributed by atoms with Crippen molar-refractivity contribution in [3.8, 4) is 5.69 Å². The van der Waals surface area contributed by atoms with Crippen molar-refractivity contribution in [1.29, 1.82) is 0 Å². The van der Waals surface area contributed by atoms with Crippen molar-refractivity contribution in [2.45, 2.75) is 72.0 Å². The summed E-state index contributed by atoms with van der Waals surface area (Å²) in [6.45, 7) is 14.2. The number of furan rings is 1. The monoisotopic (exact) mass is 775 g/mol. The number of benzene rings is 7. The predicted octanol–water partition coefficient (Wildman–Crippen LogP) is 13.1. The zero-order valence-electron chi connectivity index (χ0n) is 32.2. The van der Waals surface area contributed by atoms with Crippen molar-refractivity contribution >= 4 is 122 Å². The highest BCUT2D eigenvalue weighted by molar-refractivity contribution is 8.01. The third kappa shape index (κ3) is 4.55. The maximum Gasteiger partial charge on any atom is 0.247 e. The summed E-state index contributed by atoms with van der Waals surface area (Å²) in [6.07, 6.45) is 0. The van der Waals surface area contributed by atoms with Crippen LogP contribution in [0, 0.1) is 0 Å². The van der Waals surface area contributed by atoms with Crippen LogP contribution in [0.2, 0.25) is 0 Å². The van der Waals surface area contributed by atoms with Crippen molar-refractivity contribution in [2.24, 2.45) is 0 Å². The van der Waals surface area contributed by atoms with Crippen LogP contribution in [0.3, 0.4) is 0 Å². The highest BCUT2D eigenvalue weighted by Crippen LogP contribution is 2.51. The molecule has 0 saturated heterocycles. The van der Waals surface area contributed by atoms with Crippen LogP contribution in [0.15, 0.2) is 145 Å². The van der Waals surface area contributed by atoms with E-state index in [1.807, 2.05) is 34.9 Å². The second-order valence-corrected chi connectivity index (χ2v) is 20.9. The number of thiophene rings is 1. The maximum absolute atomic E-state index is 6.92. The molecule has 7 aromatic carbocycles. The molecular formula is C50H38BNOS3. The van der Waals surface area contributed by atoms with E-state index in [-0.39, 0.29) is 17.5 Å². The fourth-order valence-corrected chi connectivity index (χ4v) is 13.1. The van der Waals surface area contributed by atoms with Gasteiger partial charge in [-0.05, 0) is 69.9 Å². The number of aromatic nitrogens is 1. The first-order valence-electron chi connectivity index (χ1n) is 19.5. The van der Waals surface area contributed by atoms with Gasteiger partial charge in [0.2, 0.25) is 6.71 Å². The summed E-state index contributed by atoms with van der Waals surface area (Å²) < 4.78 is 12.1. The summed E-state index contributed by atoms with van der Waals surface area (Å²) in [6, 6.07) is 45.9. The average molecular weight is 776 g/mol. The molecule has 2 aliphatic heterocycles. The molecule has 12 rings (SSSR count). The first-order valence-corrected chi connectivity index (χ1v) is 22.0. The van der Waals surface area contributed by atoms with Gasteiger partial charge in [-0.25, -0.2) is 0 Å². The molecule has 0 fully saturated rings. The molecule has 2 nitrogen and oxygen atoms in total. The molecular weight excluding hydrogens is 738 g/mol. The molecule has 0 spiro atoms. The first-order chi connectivity index (χ1) is 27.0. The van der Waals surface area contributed by atoms with Gasteiger partial charge in [0, 0.05) is 61.6 Å². The number of hydrogen-bond donors (Lipinski definition) is 0. The zero-order chi connectivity index (χ0) is 37.8. The quantitative estimate of drug-likeness (QED) is 0.155. The molecule has 6 heteroatoms. The third-order valence-corrected chi connectivity index (χ3v) is 15.7. The Hall–Kier alpha value is -4.88. The van der Waals surface area contributed by atoms with E-state index >= 15 is 0 Å². The van der Waals surface area contributed by atoms with Gasteiger partial charge in [-0.2, -0.15) is 0 Å². The fourth-order valence-electron chi connectivity index (χ4n) is 9.43. The molecule has 0 aliphatic carbocycles. The normalized spacial score (nSPS) is 14.1. The summed E-state index contributed by atoms with van der Waals surface area (Å²) in [7, 11) is 0. The Morgan fingerprint density at radius 1 is 0.554 bits per heavy atom. The lowest BCUT2D eigenvalue weighted by molar-refractivity contribution is 0.590. The Bertz CT molecular complexity index is 3230. The molecule has 10 aromatic rings. The lowest BCUT2D eigenvalue weighted by Gasteiger charge is -2.35. The molecule has 0 amide bonds. The van der Waals surface area contributed by atoms with Gasteiger partial charge >= 0.3 is 0 Å². The van der Waals surface area contributed by atoms with Crippen molar-refractivity contribution in [2.75, 3.05) is 0 Å². The lowest BCUT2D eigenvalue weighted by Crippen LogP contribution is -2.58. The minimum absolute atomic E-state index is 0.0606. The Labute approximate surface area is 339 Å². The van der Waals surface area contributed by atoms with Crippen LogP contribution in [-0.4, -0.2) is 11.3 Å². The molecule has 0 saturated carbocycles. The minimum atomic E-state index is 0.0606. The van der Waals surface area contributed by atoms with Crippen LogP contribution >= 0.6 is 34.9 Å². The van der Waals surface area contributed by atoms with Gasteiger partial charge in [0.1, 0.15) is 11.2 Å². The van der Waals surface area contributed by atoms with Crippen molar-refractivity contribution in [3.63, 3.8) is 0 Å². The Balaban J connectivity index is 1.20. The van der Waals surface area contributed by atoms with Gasteiger partial charge in [-0.15, -0.1) is 11.3 Å². The Morgan fingerprint density at radius 2 is 1.14 bits per heavy atom. The number of nitrogens with zero attached hydrogens (tertiary/aromatic N) is 1. The van der Waals surface area contributed by atoms with Gasteiger partial charge in [0.15, 0.2) is 0 Å². The molecule has 5 heterocycles. The predicted molar refractivity (Wildman–Crippen MR) is 244 cm³/mol. The molecule has 2 aliphatic rings. The van der Waals surface area contributed by atoms with Crippen LogP contribution in [0.4, 0.5) is 0 Å². The summed E-state index contributed by atoms with van der Waals surface area (Å²) in [5, 5.41) is 7.40. The molecule has 3 aromatic heterocycles. The lowest BCUT2D eigenvalue weighted by atomic mass is 9.36. The number of fused-ring (bicyclic) bond motifs is 16. The van der Waals surface area contributed by atoms with Gasteiger partial charge in [0.05, 0.1) is 16.4 Å². The molecule has 0 unspecified atom stereocenters. The van der Waals surface area contributed by atoms with Gasteiger partial charge in [-0.3, -0.25) is 0 Å². The van der Waals surface area contributed by atoms with Gasteiger partial charge in [-0.1, -0.05) is 155 Å². The van der Waals surface area contributed by atoms with Crippen molar-refractivity contribution < 1.29 is 4.42 Å². The summed E-state index contributed by atoms with van der Waals surface area (Å²) >= 11 is 5.78. The number of hydrogen-bond acceptors (Lipinski definition) is 4. The highest BCUT2D eigenvalue weighted by Gasteiger charge is 2.40. The number of rotatable bonds is 1. The number of para-hydroxylation sites is 2. The van der Waals surface area contributed by atoms with E-state index in [1.165, 1.54) is 106 Å². The van der Waals surface area contributed by atoms with Crippen LogP contribution in [0.25, 0.3) is 69.6 Å². The highest BCUT2D eigenvalue weighted by atomic mass is 32.2. The standard InChI is InChI=1S/C50H38BNOS3/c1-49(2,3)27-19-21-38-33(23-27)51-34-24-28(50(4,5)6)20-22-39(34)55-41-26-29(25-40(54-38)45(41)51)52-35-16-10-7-13-30(35)42-46(52)43-32-15-9-12-18-37(32)56-48(43)44-31-14-8-11-17-36(31)53-47(42)44/h7-26H,1-6H3. The molecule has 56 heavy (non-hydrogen) atoms. The van der Waals surface area contributed by atoms with E-state index in [0.717, 1.165) is 11.2 Å². The molecule has 0 atom stereocenters. The maximum atomic E-state index is 6.92. The van der Waals surface area contributed by atoms with E-state index in [4.69, 9.17) is 4.42 Å². The van der Waals surface area contributed by atoms with E-state index in [2.05, 4.69) is 167 Å². The van der Waals surface area contributed by atoms with Gasteiger partial charge in [0.25, 0.3) is 0 Å². The summed E-state index contributed by atoms with van der Waals surface area (Å²) in [5.74, 6) is 0. The SMILES string of the molecule is CC(C)(C)c1ccc2c(c1)B1c3cc(C(C)(C)C)ccc3Sc3cc(-n4c5ccccc5c5c6oc7ccccc7c6c6sc7ccccc7c6c54)cc(c31)S2. The van der Waals surface area contributed by atoms with E-state index in [1.54, 1.807) is 0 Å². The molecule has 0 radical (unpaired) electrons. The largest absolute Gasteiger partial charge is 0.455 e. The Kier molecular flexibility index (Phi) is 6.76. The van der Waals surface area contributed by atoms with Crippen molar-refractivity contribution in [3.05, 3.63) is 132 Å². The van der Waals surface area contributed by atoms with Crippen LogP contribution in [0.1, 0.15) is 52.7 Å². The first kappa shape index (κ1) is 33.3. The molecule has 270 valence electrons. The molecule has 0 bridgehead atoms. The minimum Gasteiger partial charge on any atom is -0.455 e. The van der Waals surface area contributed by atoms with E-state index in [0.29, 0.717) is 0 Å². The summed E-state index contributed by atoms with van der Waals surface area (Å²) in [4.78, 5) is 5.41. The van der Waals surface area contributed by atoms with E-state index < -0.39 is 0 Å². The topological polar surface area (TPSA) is 18.1 Å². The van der Waals surface area contributed by atoms with Crippen LogP contribution in [-0.2, 0) is 10.8 Å². The Morgan fingerprint density at radius 3 is 1.80 bits per heavy atom. The van der Waals surface area contributed by atoms with Crippen LogP contribution in [0.5, 0.6) is 0 Å². The van der Waals surface area contributed by atoms with Crippen molar-refractivity contribution in [1.82, 2.24) is 4.57 Å². The van der Waals surface area contributed by atoms with E-state index in [9.17, 15) is 0 Å². The third-order valence-electron chi connectivity index (χ3n) is 12.2. The average Bonchev–Trinajstić information content (AvgIpc) is 3.86. The summed E-state index contributed by atoms with van der Waals surface area (Å²) in [5.41, 5.74) is 12.8. The fraction of sp³-hybridized carbons (Fsp3) is 0.160. The molecule has 0 N–H and O–H groups in total. The van der Waals surface area contributed by atoms with Gasteiger partial charge < -0.3 is 8.98 Å². The second-order valence-electron chi connectivity index (χ2n) is 17.7.